The van der Waals surface area contributed by atoms with E-state index in [1.54, 1.807) is 49.0 Å². The molecule has 0 atom stereocenters. The van der Waals surface area contributed by atoms with Crippen LogP contribution in [-0.2, 0) is 12.1 Å². The third kappa shape index (κ3) is 4.67. The van der Waals surface area contributed by atoms with Crippen molar-refractivity contribution in [3.63, 3.8) is 0 Å². The van der Waals surface area contributed by atoms with Crippen LogP contribution in [-0.4, -0.2) is 64.0 Å². The van der Waals surface area contributed by atoms with Crippen molar-refractivity contribution in [2.75, 3.05) is 25.5 Å². The molecular weight excluding hydrogens is 506 g/mol. The summed E-state index contributed by atoms with van der Waals surface area (Å²) in [5.74, 6) is 0.781. The Morgan fingerprint density at radius 3 is 2.67 bits per heavy atom. The zero-order valence-corrected chi connectivity index (χ0v) is 22.9. The minimum Gasteiger partial charge on any atom is -0.384 e. The van der Waals surface area contributed by atoms with Gasteiger partial charge in [-0.1, -0.05) is 12.1 Å². The number of nitrogens with one attached hydrogen (secondary N) is 1. The lowest BCUT2D eigenvalue weighted by molar-refractivity contribution is 0.0738. The van der Waals surface area contributed by atoms with Crippen molar-refractivity contribution in [3.8, 4) is 5.82 Å². The molecule has 1 saturated heterocycles. The second-order valence-electron chi connectivity index (χ2n) is 10.9. The molecule has 0 amide bonds. The molecule has 1 aliphatic heterocycles. The average molecular weight is 540 g/mol. The first kappa shape index (κ1) is 25.9. The van der Waals surface area contributed by atoms with Crippen molar-refractivity contribution in [3.05, 3.63) is 77.6 Å². The third-order valence-electron chi connectivity index (χ3n) is 7.45. The summed E-state index contributed by atoms with van der Waals surface area (Å²) in [6, 6.07) is 9.89. The second-order valence-corrected chi connectivity index (χ2v) is 10.9. The molecule has 40 heavy (non-hydrogen) atoms. The molecule has 0 aliphatic carbocycles. The first-order chi connectivity index (χ1) is 19.2. The molecule has 11 heteroatoms. The molecule has 2 N–H and O–H groups in total. The Bertz CT molecular complexity index is 1770. The predicted octanol–water partition coefficient (Wildman–Crippen LogP) is 3.75. The number of rotatable bonds is 7. The smallest absolute Gasteiger partial charge is 0.278 e. The van der Waals surface area contributed by atoms with Crippen molar-refractivity contribution in [1.29, 1.82) is 0 Å². The highest BCUT2D eigenvalue weighted by molar-refractivity contribution is 5.81. The fourth-order valence-electron chi connectivity index (χ4n) is 5.30. The summed E-state index contributed by atoms with van der Waals surface area (Å²) < 4.78 is 5.43. The fourth-order valence-corrected chi connectivity index (χ4v) is 5.30. The van der Waals surface area contributed by atoms with Crippen molar-refractivity contribution in [1.82, 2.24) is 38.8 Å². The minimum absolute atomic E-state index is 0.251. The van der Waals surface area contributed by atoms with Gasteiger partial charge < -0.3 is 19.9 Å². The highest BCUT2D eigenvalue weighted by Crippen LogP contribution is 2.28. The van der Waals surface area contributed by atoms with Gasteiger partial charge in [0, 0.05) is 23.8 Å². The number of likely N-dealkylation sites (tertiary alicyclic amines) is 1. The number of allylic oxidation sites excluding steroid dienone is 1. The monoisotopic (exact) mass is 539 g/mol. The summed E-state index contributed by atoms with van der Waals surface area (Å²) in [5.41, 5.74) is 1.17. The Morgan fingerprint density at radius 1 is 1.12 bits per heavy atom. The largest absolute Gasteiger partial charge is 0.384 e. The molecule has 0 unspecified atom stereocenters. The zero-order valence-electron chi connectivity index (χ0n) is 22.9. The van der Waals surface area contributed by atoms with Crippen molar-refractivity contribution >= 4 is 33.7 Å². The lowest BCUT2D eigenvalue weighted by atomic mass is 10.1. The van der Waals surface area contributed by atoms with E-state index in [9.17, 15) is 9.90 Å². The number of hydrogen-bond acceptors (Lipinski definition) is 8. The van der Waals surface area contributed by atoms with Crippen LogP contribution in [0, 0.1) is 0 Å². The molecule has 5 aromatic rings. The predicted molar refractivity (Wildman–Crippen MR) is 155 cm³/mol. The fraction of sp³-hybridized carbons (Fsp3) is 0.345. The van der Waals surface area contributed by atoms with Crippen molar-refractivity contribution in [2.24, 2.45) is 0 Å². The van der Waals surface area contributed by atoms with E-state index in [0.29, 0.717) is 34.5 Å². The zero-order chi connectivity index (χ0) is 28.0. The summed E-state index contributed by atoms with van der Waals surface area (Å²) in [4.78, 5) is 34.2. The van der Waals surface area contributed by atoms with Crippen LogP contribution >= 0.6 is 0 Å². The maximum atomic E-state index is 13.3. The lowest BCUT2D eigenvalue weighted by Crippen LogP contribution is -2.31. The van der Waals surface area contributed by atoms with E-state index in [-0.39, 0.29) is 12.1 Å². The second kappa shape index (κ2) is 10.00. The van der Waals surface area contributed by atoms with Gasteiger partial charge >= 0.3 is 0 Å². The number of anilines is 2. The van der Waals surface area contributed by atoms with Gasteiger partial charge in [0.05, 0.1) is 24.1 Å². The van der Waals surface area contributed by atoms with Crippen molar-refractivity contribution in [2.45, 2.75) is 44.9 Å². The van der Waals surface area contributed by atoms with E-state index in [1.807, 2.05) is 6.07 Å². The van der Waals surface area contributed by atoms with Gasteiger partial charge in [-0.2, -0.15) is 4.98 Å². The van der Waals surface area contributed by atoms with Crippen LogP contribution in [0.15, 0.2) is 66.4 Å². The third-order valence-corrected chi connectivity index (χ3v) is 7.45. The first-order valence-corrected chi connectivity index (χ1v) is 13.4. The van der Waals surface area contributed by atoms with Gasteiger partial charge in [0.1, 0.15) is 16.6 Å². The SMILES string of the molecule is C=CCn1c(=O)c2cnc(Nc3cnc4c(ccn4C4CCN(C)CC4)c3)nc2n1-c1cccc(C(C)(C)O)n1. The molecule has 1 fully saturated rings. The van der Waals surface area contributed by atoms with Crippen LogP contribution in [0.4, 0.5) is 11.6 Å². The number of hydrogen-bond donors (Lipinski definition) is 2. The highest BCUT2D eigenvalue weighted by atomic mass is 16.3. The van der Waals surface area contributed by atoms with Gasteiger partial charge in [-0.15, -0.1) is 6.58 Å². The number of aromatic nitrogens is 7. The van der Waals surface area contributed by atoms with E-state index in [2.05, 4.69) is 50.6 Å². The molecule has 0 radical (unpaired) electrons. The summed E-state index contributed by atoms with van der Waals surface area (Å²) >= 11 is 0. The Kier molecular flexibility index (Phi) is 6.47. The number of nitrogens with zero attached hydrogens (tertiary/aromatic N) is 8. The topological polar surface area (TPSA) is 119 Å². The maximum absolute atomic E-state index is 13.3. The molecule has 0 saturated carbocycles. The molecule has 5 aromatic heterocycles. The van der Waals surface area contributed by atoms with Crippen LogP contribution in [0.3, 0.4) is 0 Å². The molecular formula is C29H33N9O2. The first-order valence-electron chi connectivity index (χ1n) is 13.4. The Labute approximate surface area is 231 Å². The number of piperidine rings is 1. The van der Waals surface area contributed by atoms with Gasteiger partial charge in [-0.3, -0.25) is 4.79 Å². The van der Waals surface area contributed by atoms with E-state index in [1.165, 1.54) is 10.9 Å². The number of pyridine rings is 2. The van der Waals surface area contributed by atoms with Crippen molar-refractivity contribution < 1.29 is 5.11 Å². The number of aliphatic hydroxyl groups is 1. The summed E-state index contributed by atoms with van der Waals surface area (Å²) in [7, 11) is 2.16. The molecule has 0 spiro atoms. The quantitative estimate of drug-likeness (QED) is 0.300. The van der Waals surface area contributed by atoms with E-state index in [0.717, 1.165) is 42.7 Å². The average Bonchev–Trinajstić information content (AvgIpc) is 3.47. The summed E-state index contributed by atoms with van der Waals surface area (Å²) in [6.45, 7) is 9.55. The molecule has 6 rings (SSSR count). The van der Waals surface area contributed by atoms with Crippen LogP contribution in [0.5, 0.6) is 0 Å². The van der Waals surface area contributed by atoms with Gasteiger partial charge in [0.2, 0.25) is 5.95 Å². The van der Waals surface area contributed by atoms with E-state index < -0.39 is 5.60 Å². The van der Waals surface area contributed by atoms with Crippen LogP contribution in [0.2, 0.25) is 0 Å². The summed E-state index contributed by atoms with van der Waals surface area (Å²) in [6.07, 6.45) is 9.28. The van der Waals surface area contributed by atoms with E-state index >= 15 is 0 Å². The standard InChI is InChI=1S/C29H33N9O2/c1-5-12-37-27(39)22-18-31-28(34-26(22)38(37)24-8-6-7-23(33-24)29(2,3)40)32-20-16-19-9-15-36(25(19)30-17-20)21-10-13-35(4)14-11-21/h5-9,15-18,21,40H,1,10-14H2,2-4H3,(H,31,32,34). The van der Waals surface area contributed by atoms with Crippen LogP contribution < -0.4 is 10.9 Å². The Hall–Kier alpha value is -4.35. The Balaban J connectivity index is 1.37. The lowest BCUT2D eigenvalue weighted by Gasteiger charge is -2.30. The van der Waals surface area contributed by atoms with Gasteiger partial charge in [0.25, 0.3) is 5.56 Å². The van der Waals surface area contributed by atoms with Gasteiger partial charge in [-0.05, 0) is 71.1 Å². The molecule has 206 valence electrons. The molecule has 1 aliphatic rings. The van der Waals surface area contributed by atoms with E-state index in [4.69, 9.17) is 9.97 Å². The van der Waals surface area contributed by atoms with Crippen LogP contribution in [0.25, 0.3) is 27.9 Å². The van der Waals surface area contributed by atoms with Crippen LogP contribution in [0.1, 0.15) is 38.4 Å². The number of fused-ring (bicyclic) bond motifs is 2. The minimum atomic E-state index is -1.15. The Morgan fingerprint density at radius 2 is 1.93 bits per heavy atom. The summed E-state index contributed by atoms with van der Waals surface area (Å²) in [5, 5.41) is 15.2. The molecule has 6 heterocycles. The normalized spacial score (nSPS) is 15.2. The maximum Gasteiger partial charge on any atom is 0.278 e. The molecule has 0 aromatic carbocycles. The molecule has 0 bridgehead atoms. The molecule has 11 nitrogen and oxygen atoms in total. The highest BCUT2D eigenvalue weighted by Gasteiger charge is 2.22. The van der Waals surface area contributed by atoms with Gasteiger partial charge in [0.15, 0.2) is 11.5 Å². The van der Waals surface area contributed by atoms with Gasteiger partial charge in [-0.25, -0.2) is 24.3 Å².